The van der Waals surface area contributed by atoms with E-state index in [1.54, 1.807) is 36.2 Å². The quantitative estimate of drug-likeness (QED) is 0.757. The van der Waals surface area contributed by atoms with Crippen molar-refractivity contribution in [3.05, 3.63) is 52.7 Å². The Labute approximate surface area is 156 Å². The van der Waals surface area contributed by atoms with Gasteiger partial charge in [-0.2, -0.15) is 0 Å². The van der Waals surface area contributed by atoms with Crippen LogP contribution in [-0.2, 0) is 14.3 Å². The van der Waals surface area contributed by atoms with Crippen molar-refractivity contribution in [3.8, 4) is 0 Å². The summed E-state index contributed by atoms with van der Waals surface area (Å²) in [6.45, 7) is 0.177. The Morgan fingerprint density at radius 1 is 1.19 bits per heavy atom. The van der Waals surface area contributed by atoms with Crippen LogP contribution < -0.4 is 4.90 Å². The van der Waals surface area contributed by atoms with E-state index < -0.39 is 12.0 Å². The van der Waals surface area contributed by atoms with Gasteiger partial charge in [0.05, 0.1) is 4.88 Å². The van der Waals surface area contributed by atoms with Gasteiger partial charge in [-0.25, -0.2) is 4.79 Å². The normalized spacial score (nSPS) is 16.3. The van der Waals surface area contributed by atoms with E-state index in [9.17, 15) is 14.4 Å². The fourth-order valence-electron chi connectivity index (χ4n) is 2.92. The number of benzene rings is 1. The van der Waals surface area contributed by atoms with E-state index in [0.29, 0.717) is 17.8 Å². The molecule has 1 aromatic carbocycles. The molecule has 26 heavy (non-hydrogen) atoms. The van der Waals surface area contributed by atoms with E-state index in [4.69, 9.17) is 4.74 Å². The van der Waals surface area contributed by atoms with Crippen molar-refractivity contribution in [1.29, 1.82) is 0 Å². The fraction of sp³-hybridized carbons (Fsp3) is 0.316. The van der Waals surface area contributed by atoms with Gasteiger partial charge in [0.1, 0.15) is 6.04 Å². The van der Waals surface area contributed by atoms with E-state index in [1.165, 1.54) is 16.2 Å². The van der Waals surface area contributed by atoms with Crippen molar-refractivity contribution in [2.24, 2.45) is 0 Å². The molecule has 2 aromatic rings. The maximum atomic E-state index is 12.5. The first-order valence-corrected chi connectivity index (χ1v) is 9.28. The van der Waals surface area contributed by atoms with Gasteiger partial charge in [-0.05, 0) is 36.4 Å². The van der Waals surface area contributed by atoms with Crippen molar-refractivity contribution in [2.75, 3.05) is 25.1 Å². The van der Waals surface area contributed by atoms with Gasteiger partial charge in [0.2, 0.25) is 0 Å². The number of rotatable bonds is 5. The highest BCUT2D eigenvalue weighted by Crippen LogP contribution is 2.23. The lowest BCUT2D eigenvalue weighted by molar-refractivity contribution is -0.151. The lowest BCUT2D eigenvalue weighted by Crippen LogP contribution is -2.42. The molecule has 1 aliphatic heterocycles. The van der Waals surface area contributed by atoms with Gasteiger partial charge in [0.15, 0.2) is 6.61 Å². The summed E-state index contributed by atoms with van der Waals surface area (Å²) in [6, 6.07) is 12.1. The predicted octanol–water partition coefficient (Wildman–Crippen LogP) is 2.56. The molecular formula is C19H20N2O4S. The molecule has 0 radical (unpaired) electrons. The minimum atomic E-state index is -0.626. The molecule has 7 heteroatoms. The Hall–Kier alpha value is -2.67. The van der Waals surface area contributed by atoms with Gasteiger partial charge in [-0.15, -0.1) is 11.3 Å². The SMILES string of the molecule is CN(C(=O)COC(=O)[C@@H]1CCCN1C(=O)c1cccs1)c1ccccc1. The molecule has 1 aromatic heterocycles. The number of ether oxygens (including phenoxy) is 1. The van der Waals surface area contributed by atoms with E-state index in [1.807, 2.05) is 23.6 Å². The molecule has 0 unspecified atom stereocenters. The Balaban J connectivity index is 1.57. The van der Waals surface area contributed by atoms with E-state index in [0.717, 1.165) is 12.1 Å². The minimum absolute atomic E-state index is 0.160. The van der Waals surface area contributed by atoms with E-state index in [-0.39, 0.29) is 18.4 Å². The summed E-state index contributed by atoms with van der Waals surface area (Å²) < 4.78 is 5.21. The molecule has 0 saturated carbocycles. The summed E-state index contributed by atoms with van der Waals surface area (Å²) in [5.41, 5.74) is 0.726. The number of esters is 1. The Morgan fingerprint density at radius 3 is 2.65 bits per heavy atom. The van der Waals surface area contributed by atoms with Crippen molar-refractivity contribution in [3.63, 3.8) is 0 Å². The molecule has 6 nitrogen and oxygen atoms in total. The highest BCUT2D eigenvalue weighted by Gasteiger charge is 2.36. The summed E-state index contributed by atoms with van der Waals surface area (Å²) in [4.78, 5) is 40.7. The number of nitrogens with zero attached hydrogens (tertiary/aromatic N) is 2. The first-order chi connectivity index (χ1) is 12.6. The standard InChI is InChI=1S/C19H20N2O4S/c1-20(14-7-3-2-4-8-14)17(22)13-25-19(24)15-9-5-11-21(15)18(23)16-10-6-12-26-16/h2-4,6-8,10,12,15H,5,9,11,13H2,1H3/t15-/m0/s1. The van der Waals surface area contributed by atoms with E-state index >= 15 is 0 Å². The monoisotopic (exact) mass is 372 g/mol. The highest BCUT2D eigenvalue weighted by atomic mass is 32.1. The molecule has 1 atom stereocenters. The molecule has 1 saturated heterocycles. The second kappa shape index (κ2) is 8.14. The Bertz CT molecular complexity index is 776. The third-order valence-electron chi connectivity index (χ3n) is 4.37. The molecule has 2 amide bonds. The number of hydrogen-bond donors (Lipinski definition) is 0. The first-order valence-electron chi connectivity index (χ1n) is 8.40. The number of anilines is 1. The minimum Gasteiger partial charge on any atom is -0.454 e. The smallest absolute Gasteiger partial charge is 0.329 e. The van der Waals surface area contributed by atoms with Crippen LogP contribution >= 0.6 is 11.3 Å². The number of likely N-dealkylation sites (N-methyl/N-ethyl adjacent to an activating group) is 1. The highest BCUT2D eigenvalue weighted by molar-refractivity contribution is 7.12. The molecule has 0 N–H and O–H groups in total. The zero-order chi connectivity index (χ0) is 18.5. The fourth-order valence-corrected chi connectivity index (χ4v) is 3.60. The molecular weight excluding hydrogens is 352 g/mol. The maximum Gasteiger partial charge on any atom is 0.329 e. The van der Waals surface area contributed by atoms with Gasteiger partial charge in [0, 0.05) is 19.3 Å². The van der Waals surface area contributed by atoms with Gasteiger partial charge < -0.3 is 14.5 Å². The molecule has 1 fully saturated rings. The average molecular weight is 372 g/mol. The number of carbonyl (C=O) groups is 3. The largest absolute Gasteiger partial charge is 0.454 e. The summed E-state index contributed by atoms with van der Waals surface area (Å²) in [7, 11) is 1.63. The van der Waals surface area contributed by atoms with Crippen LogP contribution in [0.3, 0.4) is 0 Å². The molecule has 0 aliphatic carbocycles. The van der Waals surface area contributed by atoms with Crippen LogP contribution in [0.2, 0.25) is 0 Å². The zero-order valence-electron chi connectivity index (χ0n) is 14.5. The molecule has 0 bridgehead atoms. The number of thiophene rings is 1. The second-order valence-electron chi connectivity index (χ2n) is 6.03. The molecule has 0 spiro atoms. The number of para-hydroxylation sites is 1. The van der Waals surface area contributed by atoms with Crippen molar-refractivity contribution < 1.29 is 19.1 Å². The van der Waals surface area contributed by atoms with Crippen molar-refractivity contribution in [1.82, 2.24) is 4.90 Å². The van der Waals surface area contributed by atoms with Gasteiger partial charge in [0.25, 0.3) is 11.8 Å². The lowest BCUT2D eigenvalue weighted by atomic mass is 10.2. The number of likely N-dealkylation sites (tertiary alicyclic amines) is 1. The van der Waals surface area contributed by atoms with Crippen LogP contribution in [0.4, 0.5) is 5.69 Å². The molecule has 136 valence electrons. The van der Waals surface area contributed by atoms with Crippen LogP contribution in [0.1, 0.15) is 22.5 Å². The van der Waals surface area contributed by atoms with Crippen LogP contribution in [-0.4, -0.2) is 48.9 Å². The third-order valence-corrected chi connectivity index (χ3v) is 5.23. The summed E-state index contributed by atoms with van der Waals surface area (Å²) in [5.74, 6) is -1.01. The number of hydrogen-bond acceptors (Lipinski definition) is 5. The summed E-state index contributed by atoms with van der Waals surface area (Å²) in [5, 5.41) is 1.83. The molecule has 3 rings (SSSR count). The van der Waals surface area contributed by atoms with Crippen molar-refractivity contribution in [2.45, 2.75) is 18.9 Å². The molecule has 1 aliphatic rings. The lowest BCUT2D eigenvalue weighted by Gasteiger charge is -2.23. The Kier molecular flexibility index (Phi) is 5.68. The van der Waals surface area contributed by atoms with Crippen LogP contribution in [0.15, 0.2) is 47.8 Å². The number of carbonyl (C=O) groups excluding carboxylic acids is 3. The average Bonchev–Trinajstić information content (AvgIpc) is 3.37. The van der Waals surface area contributed by atoms with Crippen LogP contribution in [0.5, 0.6) is 0 Å². The number of amides is 2. The van der Waals surface area contributed by atoms with Crippen molar-refractivity contribution >= 4 is 34.8 Å². The first kappa shape index (κ1) is 18.1. The van der Waals surface area contributed by atoms with Crippen LogP contribution in [0.25, 0.3) is 0 Å². The topological polar surface area (TPSA) is 66.9 Å². The van der Waals surface area contributed by atoms with Gasteiger partial charge in [-0.1, -0.05) is 24.3 Å². The third kappa shape index (κ3) is 3.94. The maximum absolute atomic E-state index is 12.5. The predicted molar refractivity (Wildman–Crippen MR) is 99.2 cm³/mol. The summed E-state index contributed by atoms with van der Waals surface area (Å²) >= 11 is 1.35. The zero-order valence-corrected chi connectivity index (χ0v) is 15.3. The van der Waals surface area contributed by atoms with E-state index in [2.05, 4.69) is 0 Å². The van der Waals surface area contributed by atoms with Crippen LogP contribution in [0, 0.1) is 0 Å². The summed E-state index contributed by atoms with van der Waals surface area (Å²) in [6.07, 6.45) is 1.30. The van der Waals surface area contributed by atoms with Gasteiger partial charge in [-0.3, -0.25) is 9.59 Å². The second-order valence-corrected chi connectivity index (χ2v) is 6.98. The van der Waals surface area contributed by atoms with Gasteiger partial charge >= 0.3 is 5.97 Å². The molecule has 2 heterocycles. The Morgan fingerprint density at radius 2 is 1.96 bits per heavy atom.